The maximum Gasteiger partial charge on any atom is 0.334 e. The second kappa shape index (κ2) is 9.58. The van der Waals surface area contributed by atoms with Crippen LogP contribution in [-0.2, 0) is 23.7 Å². The number of urea groups is 1. The fourth-order valence-electron chi connectivity index (χ4n) is 3.82. The van der Waals surface area contributed by atoms with Crippen LogP contribution < -0.4 is 14.3 Å². The van der Waals surface area contributed by atoms with Gasteiger partial charge in [-0.1, -0.05) is 20.8 Å². The lowest BCUT2D eigenvalue weighted by Gasteiger charge is -2.37. The lowest BCUT2D eigenvalue weighted by atomic mass is 10.1. The highest BCUT2D eigenvalue weighted by atomic mass is 32.2. The Morgan fingerprint density at radius 3 is 2.71 bits per heavy atom. The molecular formula is C20H32N6O3S2. The van der Waals surface area contributed by atoms with E-state index in [1.54, 1.807) is 29.3 Å². The van der Waals surface area contributed by atoms with E-state index in [4.69, 9.17) is 0 Å². The number of thiophene rings is 1. The molecule has 11 heteroatoms. The first kappa shape index (κ1) is 23.6. The maximum absolute atomic E-state index is 13.3. The van der Waals surface area contributed by atoms with Crippen LogP contribution in [0.5, 0.6) is 0 Å². The fourth-order valence-corrected chi connectivity index (χ4v) is 6.20. The maximum atomic E-state index is 13.3. The SMILES string of the molecule is CCc1sc(C(C)C)cc1NC(=O)NS(=O)(=O)N(c1cnn(C)c1)[C@@H]1CCCN(C)C1. The van der Waals surface area contributed by atoms with Gasteiger partial charge in [0.2, 0.25) is 0 Å². The van der Waals surface area contributed by atoms with Crippen molar-refractivity contribution in [2.24, 2.45) is 7.05 Å². The first-order valence-electron chi connectivity index (χ1n) is 10.5. The topological polar surface area (TPSA) is 99.6 Å². The van der Waals surface area contributed by atoms with Gasteiger partial charge in [0.25, 0.3) is 0 Å². The molecule has 2 aromatic heterocycles. The van der Waals surface area contributed by atoms with Gasteiger partial charge < -0.3 is 10.2 Å². The predicted molar refractivity (Wildman–Crippen MR) is 125 cm³/mol. The monoisotopic (exact) mass is 468 g/mol. The lowest BCUT2D eigenvalue weighted by Crippen LogP contribution is -2.54. The fraction of sp³-hybridized carbons (Fsp3) is 0.600. The van der Waals surface area contributed by atoms with Crippen LogP contribution in [0.1, 0.15) is 49.3 Å². The minimum Gasteiger partial charge on any atom is -0.306 e. The number of nitrogens with zero attached hydrogens (tertiary/aromatic N) is 4. The number of anilines is 2. The van der Waals surface area contributed by atoms with Crippen molar-refractivity contribution in [3.63, 3.8) is 0 Å². The number of hydrogen-bond acceptors (Lipinski definition) is 6. The molecule has 2 amide bonds. The number of carbonyl (C=O) groups is 1. The number of nitrogens with one attached hydrogen (secondary N) is 2. The molecule has 3 heterocycles. The molecule has 1 aliphatic rings. The number of rotatable bonds is 7. The Kier molecular flexibility index (Phi) is 7.28. The number of hydrogen-bond donors (Lipinski definition) is 2. The van der Waals surface area contributed by atoms with E-state index in [0.29, 0.717) is 30.3 Å². The summed E-state index contributed by atoms with van der Waals surface area (Å²) >= 11 is 1.64. The van der Waals surface area contributed by atoms with Crippen LogP contribution in [0, 0.1) is 0 Å². The standard InChI is InChI=1S/C20H32N6O3S2/c1-6-18-17(10-19(30-18)14(2)3)22-20(27)23-31(28,29)26(16-11-21-25(5)13-16)15-8-7-9-24(4)12-15/h10-11,13-15H,6-9,12H2,1-5H3,(H2,22,23,27)/t15-/m1/s1. The molecule has 31 heavy (non-hydrogen) atoms. The van der Waals surface area contributed by atoms with Crippen LogP contribution in [-0.4, -0.2) is 55.3 Å². The molecule has 1 atom stereocenters. The molecule has 1 fully saturated rings. The Labute approximate surface area is 188 Å². The van der Waals surface area contributed by atoms with Gasteiger partial charge in [0, 0.05) is 29.5 Å². The summed E-state index contributed by atoms with van der Waals surface area (Å²) in [5, 5.41) is 6.86. The van der Waals surface area contributed by atoms with Gasteiger partial charge in [0.1, 0.15) is 0 Å². The van der Waals surface area contributed by atoms with Gasteiger partial charge in [-0.05, 0) is 44.8 Å². The quantitative estimate of drug-likeness (QED) is 0.650. The average molecular weight is 469 g/mol. The summed E-state index contributed by atoms with van der Waals surface area (Å²) in [5.74, 6) is 0.335. The predicted octanol–water partition coefficient (Wildman–Crippen LogP) is 3.13. The van der Waals surface area contributed by atoms with Crippen molar-refractivity contribution < 1.29 is 13.2 Å². The van der Waals surface area contributed by atoms with Crippen LogP contribution in [0.25, 0.3) is 0 Å². The zero-order chi connectivity index (χ0) is 22.8. The third-order valence-electron chi connectivity index (χ3n) is 5.32. The molecule has 1 saturated heterocycles. The number of piperidine rings is 1. The van der Waals surface area contributed by atoms with E-state index < -0.39 is 16.2 Å². The molecule has 0 unspecified atom stereocenters. The molecule has 2 aromatic rings. The van der Waals surface area contributed by atoms with E-state index in [0.717, 1.165) is 29.1 Å². The molecule has 0 radical (unpaired) electrons. The van der Waals surface area contributed by atoms with Gasteiger partial charge in [-0.3, -0.25) is 4.68 Å². The van der Waals surface area contributed by atoms with E-state index in [1.165, 1.54) is 10.5 Å². The normalized spacial score (nSPS) is 17.7. The van der Waals surface area contributed by atoms with E-state index in [9.17, 15) is 13.2 Å². The smallest absolute Gasteiger partial charge is 0.306 e. The Bertz CT molecular complexity index is 1010. The second-order valence-electron chi connectivity index (χ2n) is 8.28. The van der Waals surface area contributed by atoms with E-state index in [2.05, 4.69) is 33.9 Å². The molecule has 9 nitrogen and oxygen atoms in total. The summed E-state index contributed by atoms with van der Waals surface area (Å²) in [6.45, 7) is 7.69. The van der Waals surface area contributed by atoms with E-state index in [1.807, 2.05) is 20.0 Å². The van der Waals surface area contributed by atoms with Crippen LogP contribution in [0.3, 0.4) is 0 Å². The summed E-state index contributed by atoms with van der Waals surface area (Å²) < 4.78 is 31.7. The molecule has 2 N–H and O–H groups in total. The first-order valence-corrected chi connectivity index (χ1v) is 12.8. The van der Waals surface area contributed by atoms with Gasteiger partial charge in [0.15, 0.2) is 0 Å². The molecule has 1 aliphatic heterocycles. The Hall–Kier alpha value is -2.11. The lowest BCUT2D eigenvalue weighted by molar-refractivity contribution is 0.251. The van der Waals surface area contributed by atoms with E-state index in [-0.39, 0.29) is 6.04 Å². The summed E-state index contributed by atoms with van der Waals surface area (Å²) in [5.41, 5.74) is 1.10. The highest BCUT2D eigenvalue weighted by Gasteiger charge is 2.35. The highest BCUT2D eigenvalue weighted by molar-refractivity contribution is 7.91. The zero-order valence-electron chi connectivity index (χ0n) is 18.8. The molecular weight excluding hydrogens is 436 g/mol. The number of likely N-dealkylation sites (tertiary alicyclic amines) is 1. The Morgan fingerprint density at radius 1 is 1.39 bits per heavy atom. The summed E-state index contributed by atoms with van der Waals surface area (Å²) in [6.07, 6.45) is 5.51. The average Bonchev–Trinajstić information content (AvgIpc) is 3.27. The van der Waals surface area contributed by atoms with Crippen molar-refractivity contribution >= 4 is 39.0 Å². The van der Waals surface area contributed by atoms with Crippen LogP contribution >= 0.6 is 11.3 Å². The molecule has 0 spiro atoms. The molecule has 3 rings (SSSR count). The molecule has 0 saturated carbocycles. The molecule has 0 aliphatic carbocycles. The second-order valence-corrected chi connectivity index (χ2v) is 11.0. The van der Waals surface area contributed by atoms with Gasteiger partial charge in [-0.25, -0.2) is 13.8 Å². The van der Waals surface area contributed by atoms with Crippen LogP contribution in [0.2, 0.25) is 0 Å². The summed E-state index contributed by atoms with van der Waals surface area (Å²) in [4.78, 5) is 17.0. The summed E-state index contributed by atoms with van der Waals surface area (Å²) in [6, 6.07) is 0.879. The van der Waals surface area contributed by atoms with Crippen molar-refractivity contribution in [3.05, 3.63) is 28.2 Å². The molecule has 172 valence electrons. The zero-order valence-corrected chi connectivity index (χ0v) is 20.4. The van der Waals surface area contributed by atoms with E-state index >= 15 is 0 Å². The van der Waals surface area contributed by atoms with Crippen molar-refractivity contribution in [1.29, 1.82) is 0 Å². The van der Waals surface area contributed by atoms with Gasteiger partial charge in [0.05, 0.1) is 23.6 Å². The minimum absolute atomic E-state index is 0.284. The number of aromatic nitrogens is 2. The molecule has 0 bridgehead atoms. The van der Waals surface area contributed by atoms with Crippen LogP contribution in [0.4, 0.5) is 16.2 Å². The molecule has 0 aromatic carbocycles. The number of carbonyl (C=O) groups excluding carboxylic acids is 1. The van der Waals surface area contributed by atoms with Crippen LogP contribution in [0.15, 0.2) is 18.5 Å². The Morgan fingerprint density at radius 2 is 2.13 bits per heavy atom. The number of aryl methyl sites for hydroxylation is 2. The number of likely N-dealkylation sites (N-methyl/N-ethyl adjacent to an activating group) is 1. The highest BCUT2D eigenvalue weighted by Crippen LogP contribution is 2.32. The summed E-state index contributed by atoms with van der Waals surface area (Å²) in [7, 11) is -0.438. The minimum atomic E-state index is -4.14. The third kappa shape index (κ3) is 5.58. The van der Waals surface area contributed by atoms with Gasteiger partial charge in [-0.15, -0.1) is 11.3 Å². The van der Waals surface area contributed by atoms with Gasteiger partial charge >= 0.3 is 16.2 Å². The van der Waals surface area contributed by atoms with Gasteiger partial charge in [-0.2, -0.15) is 13.5 Å². The van der Waals surface area contributed by atoms with Crippen molar-refractivity contribution in [2.75, 3.05) is 29.8 Å². The Balaban J connectivity index is 1.82. The van der Waals surface area contributed by atoms with Crippen molar-refractivity contribution in [2.45, 2.75) is 52.0 Å². The third-order valence-corrected chi connectivity index (χ3v) is 8.37. The van der Waals surface area contributed by atoms with Crippen molar-refractivity contribution in [3.8, 4) is 0 Å². The number of amides is 2. The largest absolute Gasteiger partial charge is 0.334 e. The van der Waals surface area contributed by atoms with Crippen molar-refractivity contribution in [1.82, 2.24) is 19.4 Å². The first-order chi connectivity index (χ1) is 14.6.